The predicted molar refractivity (Wildman–Crippen MR) is 64.9 cm³/mol. The van der Waals surface area contributed by atoms with E-state index in [4.69, 9.17) is 4.74 Å². The number of rotatable bonds is 3. The van der Waals surface area contributed by atoms with E-state index in [1.54, 1.807) is 9.80 Å². The van der Waals surface area contributed by atoms with Gasteiger partial charge in [-0.15, -0.1) is 0 Å². The lowest BCUT2D eigenvalue weighted by atomic mass is 9.99. The molecule has 3 aliphatic rings. The van der Waals surface area contributed by atoms with Crippen LogP contribution in [0.1, 0.15) is 25.7 Å². The second-order valence-electron chi connectivity index (χ2n) is 5.54. The Hall–Kier alpha value is -1.10. The summed E-state index contributed by atoms with van der Waals surface area (Å²) in [5.41, 5.74) is 0. The molecule has 0 aromatic heterocycles. The van der Waals surface area contributed by atoms with Crippen LogP contribution in [0.25, 0.3) is 0 Å². The van der Waals surface area contributed by atoms with Crippen molar-refractivity contribution in [3.63, 3.8) is 0 Å². The molecule has 2 heterocycles. The van der Waals surface area contributed by atoms with Crippen LogP contribution in [-0.4, -0.2) is 60.5 Å². The molecule has 2 amide bonds. The average Bonchev–Trinajstić information content (AvgIpc) is 3.21. The van der Waals surface area contributed by atoms with Crippen molar-refractivity contribution in [2.45, 2.75) is 31.7 Å². The smallest absolute Gasteiger partial charge is 0.312 e. The Morgan fingerprint density at radius 2 is 1.72 bits per heavy atom. The molecule has 0 bridgehead atoms. The minimum atomic E-state index is -0.292. The molecular weight excluding hydrogens is 232 g/mol. The van der Waals surface area contributed by atoms with Gasteiger partial charge in [-0.1, -0.05) is 0 Å². The summed E-state index contributed by atoms with van der Waals surface area (Å²) in [5.74, 6) is -0.0709. The largest absolute Gasteiger partial charge is 0.381 e. The monoisotopic (exact) mass is 252 g/mol. The number of carbonyl (C=O) groups is 2. The molecule has 5 nitrogen and oxygen atoms in total. The fourth-order valence-electron chi connectivity index (χ4n) is 2.84. The van der Waals surface area contributed by atoms with E-state index in [0.717, 1.165) is 52.0 Å². The van der Waals surface area contributed by atoms with E-state index in [1.165, 1.54) is 0 Å². The van der Waals surface area contributed by atoms with Crippen LogP contribution in [0.15, 0.2) is 0 Å². The minimum Gasteiger partial charge on any atom is -0.381 e. The number of hydrogen-bond acceptors (Lipinski definition) is 3. The highest BCUT2D eigenvalue weighted by atomic mass is 16.5. The van der Waals surface area contributed by atoms with Crippen LogP contribution < -0.4 is 0 Å². The summed E-state index contributed by atoms with van der Waals surface area (Å²) in [6.45, 7) is 3.73. The number of ether oxygens (including phenoxy) is 1. The quantitative estimate of drug-likeness (QED) is 0.676. The van der Waals surface area contributed by atoms with Gasteiger partial charge in [0.05, 0.1) is 0 Å². The van der Waals surface area contributed by atoms with Crippen LogP contribution >= 0.6 is 0 Å². The summed E-state index contributed by atoms with van der Waals surface area (Å²) >= 11 is 0. The van der Waals surface area contributed by atoms with Gasteiger partial charge >= 0.3 is 11.8 Å². The van der Waals surface area contributed by atoms with Crippen molar-refractivity contribution in [2.75, 3.05) is 32.8 Å². The van der Waals surface area contributed by atoms with E-state index >= 15 is 0 Å². The van der Waals surface area contributed by atoms with E-state index in [-0.39, 0.29) is 11.8 Å². The zero-order valence-electron chi connectivity index (χ0n) is 10.6. The lowest BCUT2D eigenvalue weighted by molar-refractivity contribution is -0.157. The maximum atomic E-state index is 12.0. The summed E-state index contributed by atoms with van der Waals surface area (Å²) in [4.78, 5) is 27.5. The summed E-state index contributed by atoms with van der Waals surface area (Å²) in [6, 6.07) is 0.353. The van der Waals surface area contributed by atoms with Gasteiger partial charge in [0.15, 0.2) is 0 Å². The third-order valence-electron chi connectivity index (χ3n) is 4.15. The van der Waals surface area contributed by atoms with Crippen molar-refractivity contribution in [1.82, 2.24) is 9.80 Å². The van der Waals surface area contributed by atoms with Gasteiger partial charge in [-0.3, -0.25) is 9.59 Å². The third kappa shape index (κ3) is 2.36. The number of nitrogens with zero attached hydrogens (tertiary/aromatic N) is 2. The van der Waals surface area contributed by atoms with E-state index in [1.807, 2.05) is 0 Å². The maximum absolute atomic E-state index is 12.0. The van der Waals surface area contributed by atoms with Gasteiger partial charge in [0.1, 0.15) is 0 Å². The highest BCUT2D eigenvalue weighted by Gasteiger charge is 2.40. The van der Waals surface area contributed by atoms with Gasteiger partial charge in [0.2, 0.25) is 0 Å². The molecule has 0 N–H and O–H groups in total. The van der Waals surface area contributed by atoms with Crippen LogP contribution in [0.5, 0.6) is 0 Å². The molecule has 2 aliphatic heterocycles. The molecular formula is C13H20N2O3. The third-order valence-corrected chi connectivity index (χ3v) is 4.15. The number of carbonyl (C=O) groups excluding carboxylic acids is 2. The van der Waals surface area contributed by atoms with Gasteiger partial charge < -0.3 is 14.5 Å². The lowest BCUT2D eigenvalue weighted by Gasteiger charge is -2.36. The Kier molecular flexibility index (Phi) is 3.24. The van der Waals surface area contributed by atoms with Crippen LogP contribution in [0, 0.1) is 5.92 Å². The Labute approximate surface area is 107 Å². The zero-order valence-corrected chi connectivity index (χ0v) is 10.6. The van der Waals surface area contributed by atoms with Crippen molar-refractivity contribution in [2.24, 2.45) is 5.92 Å². The highest BCUT2D eigenvalue weighted by Crippen LogP contribution is 2.28. The Balaban J connectivity index is 1.57. The summed E-state index contributed by atoms with van der Waals surface area (Å²) in [5, 5.41) is 0. The lowest BCUT2D eigenvalue weighted by Crippen LogP contribution is -2.56. The van der Waals surface area contributed by atoms with Crippen molar-refractivity contribution >= 4 is 11.8 Å². The molecule has 0 aromatic rings. The molecule has 5 heteroatoms. The van der Waals surface area contributed by atoms with E-state index < -0.39 is 0 Å². The first-order valence-electron chi connectivity index (χ1n) is 6.93. The first kappa shape index (κ1) is 12.0. The second-order valence-corrected chi connectivity index (χ2v) is 5.54. The summed E-state index contributed by atoms with van der Waals surface area (Å²) in [6.07, 6.45) is 4.15. The molecule has 3 rings (SSSR count). The minimum absolute atomic E-state index is 0.282. The van der Waals surface area contributed by atoms with Crippen molar-refractivity contribution in [3.05, 3.63) is 0 Å². The van der Waals surface area contributed by atoms with E-state index in [0.29, 0.717) is 18.5 Å². The number of piperazine rings is 1. The van der Waals surface area contributed by atoms with Crippen LogP contribution in [0.4, 0.5) is 0 Å². The summed E-state index contributed by atoms with van der Waals surface area (Å²) < 4.78 is 5.32. The normalized spacial score (nSPS) is 26.9. The molecule has 0 radical (unpaired) electrons. The Bertz CT molecular complexity index is 348. The van der Waals surface area contributed by atoms with Crippen molar-refractivity contribution < 1.29 is 14.3 Å². The fraction of sp³-hybridized carbons (Fsp3) is 0.846. The molecule has 0 aromatic carbocycles. The van der Waals surface area contributed by atoms with Crippen LogP contribution in [0.2, 0.25) is 0 Å². The zero-order chi connectivity index (χ0) is 12.5. The van der Waals surface area contributed by atoms with E-state index in [9.17, 15) is 9.59 Å². The maximum Gasteiger partial charge on any atom is 0.312 e. The van der Waals surface area contributed by atoms with Gasteiger partial charge in [0.25, 0.3) is 0 Å². The fourth-order valence-corrected chi connectivity index (χ4v) is 2.84. The second kappa shape index (κ2) is 4.88. The van der Waals surface area contributed by atoms with Crippen LogP contribution in [0.3, 0.4) is 0 Å². The first-order chi connectivity index (χ1) is 8.75. The Morgan fingerprint density at radius 3 is 2.39 bits per heavy atom. The topological polar surface area (TPSA) is 49.9 Å². The number of hydrogen-bond donors (Lipinski definition) is 0. The molecule has 3 fully saturated rings. The summed E-state index contributed by atoms with van der Waals surface area (Å²) in [7, 11) is 0. The van der Waals surface area contributed by atoms with Crippen molar-refractivity contribution in [3.8, 4) is 0 Å². The van der Waals surface area contributed by atoms with Gasteiger partial charge in [-0.05, 0) is 31.6 Å². The molecule has 0 spiro atoms. The van der Waals surface area contributed by atoms with Gasteiger partial charge in [-0.2, -0.15) is 0 Å². The molecule has 0 unspecified atom stereocenters. The Morgan fingerprint density at radius 1 is 1.00 bits per heavy atom. The molecule has 0 atom stereocenters. The SMILES string of the molecule is O=C1C(=O)N(C2CC2)CCN1CC1CCOCC1. The average molecular weight is 252 g/mol. The molecule has 100 valence electrons. The molecule has 1 aliphatic carbocycles. The molecule has 1 saturated carbocycles. The number of amides is 2. The standard InChI is InChI=1S/C13H20N2O3/c16-12-13(17)15(11-1-2-11)6-5-14(12)9-10-3-7-18-8-4-10/h10-11H,1-9H2. The van der Waals surface area contributed by atoms with E-state index in [2.05, 4.69) is 0 Å². The van der Waals surface area contributed by atoms with Crippen LogP contribution in [-0.2, 0) is 14.3 Å². The molecule has 2 saturated heterocycles. The van der Waals surface area contributed by atoms with Gasteiger partial charge in [0, 0.05) is 38.9 Å². The van der Waals surface area contributed by atoms with Gasteiger partial charge in [-0.25, -0.2) is 0 Å². The van der Waals surface area contributed by atoms with Crippen molar-refractivity contribution in [1.29, 1.82) is 0 Å². The first-order valence-corrected chi connectivity index (χ1v) is 6.93. The predicted octanol–water partition coefficient (Wildman–Crippen LogP) is 0.246. The molecule has 18 heavy (non-hydrogen) atoms. The highest BCUT2D eigenvalue weighted by molar-refractivity contribution is 6.35.